The van der Waals surface area contributed by atoms with Crippen molar-refractivity contribution in [2.45, 2.75) is 12.5 Å². The Morgan fingerprint density at radius 2 is 0.789 bits per heavy atom. The summed E-state index contributed by atoms with van der Waals surface area (Å²) in [4.78, 5) is 40.9. The molecule has 3 fully saturated rings. The van der Waals surface area contributed by atoms with Gasteiger partial charge in [-0.05, 0) is 145 Å². The van der Waals surface area contributed by atoms with Crippen molar-refractivity contribution >= 4 is 34.1 Å². The largest absolute Gasteiger partial charge is 0.497 e. The van der Waals surface area contributed by atoms with Gasteiger partial charge in [0.2, 0.25) is 0 Å². The van der Waals surface area contributed by atoms with E-state index in [-0.39, 0.29) is 0 Å². The number of benzene rings is 4. The molecule has 3 aliphatic heterocycles. The van der Waals surface area contributed by atoms with Gasteiger partial charge in [0.05, 0.1) is 48.9 Å². The van der Waals surface area contributed by atoms with Crippen molar-refractivity contribution in [3.8, 4) is 56.7 Å². The fraction of sp³-hybridized carbons (Fsp3) is 0.205. The van der Waals surface area contributed by atoms with Gasteiger partial charge >= 0.3 is 0 Å². The molecule has 0 aliphatic carbocycles. The highest BCUT2D eigenvalue weighted by atomic mass is 16.5. The van der Waals surface area contributed by atoms with Crippen molar-refractivity contribution in [1.82, 2.24) is 29.9 Å². The molecule has 8 aromatic heterocycles. The van der Waals surface area contributed by atoms with Crippen LogP contribution in [0.4, 0.5) is 34.1 Å². The molecule has 15 rings (SSSR count). The molecule has 0 spiro atoms. The van der Waals surface area contributed by atoms with Gasteiger partial charge < -0.3 is 52.8 Å². The number of rotatable bonds is 15. The van der Waals surface area contributed by atoms with Gasteiger partial charge in [-0.25, -0.2) is 0 Å². The van der Waals surface area contributed by atoms with Gasteiger partial charge in [-0.3, -0.25) is 29.9 Å². The Morgan fingerprint density at radius 3 is 1.23 bits per heavy atom. The highest BCUT2D eigenvalue weighted by Crippen LogP contribution is 2.42. The maximum absolute atomic E-state index is 12.5. The van der Waals surface area contributed by atoms with E-state index in [4.69, 9.17) is 33.3 Å². The van der Waals surface area contributed by atoms with Crippen molar-refractivity contribution in [1.29, 1.82) is 0 Å². The molecule has 4 aromatic carbocycles. The Morgan fingerprint density at radius 1 is 0.368 bits per heavy atom. The number of anilines is 6. The van der Waals surface area contributed by atoms with Crippen LogP contribution in [0.15, 0.2) is 265 Å². The molecule has 3 aliphatic rings. The predicted octanol–water partition coefficient (Wildman–Crippen LogP) is 13.9. The second-order valence-corrected chi connectivity index (χ2v) is 23.4. The van der Waals surface area contributed by atoms with Crippen molar-refractivity contribution in [2.24, 2.45) is 0 Å². The van der Waals surface area contributed by atoms with Crippen LogP contribution in [-0.4, -0.2) is 128 Å². The maximum Gasteiger partial charge on any atom is 0.159 e. The average Bonchev–Trinajstić information content (AvgIpc) is 1.14. The molecule has 0 bridgehead atoms. The van der Waals surface area contributed by atoms with Crippen LogP contribution in [-0.2, 0) is 5.60 Å². The Hall–Kier alpha value is -11.3. The van der Waals surface area contributed by atoms with Crippen LogP contribution in [0.1, 0.15) is 22.6 Å². The van der Waals surface area contributed by atoms with Gasteiger partial charge in [-0.2, -0.15) is 0 Å². The molecule has 0 unspecified atom stereocenters. The lowest BCUT2D eigenvalue weighted by molar-refractivity contribution is 0.121. The lowest BCUT2D eigenvalue weighted by Crippen LogP contribution is -2.47. The molecular weight excluding hydrogens is 1180 g/mol. The summed E-state index contributed by atoms with van der Waals surface area (Å²) in [5.41, 5.74) is 13.9. The number of piperazine rings is 3. The Kier molecular flexibility index (Phi) is 19.4. The number of ether oxygens (including phenoxy) is 2. The summed E-state index contributed by atoms with van der Waals surface area (Å²) >= 11 is 0. The van der Waals surface area contributed by atoms with Gasteiger partial charge in [0.15, 0.2) is 5.60 Å². The summed E-state index contributed by atoms with van der Waals surface area (Å²) in [7, 11) is 3.26. The fourth-order valence-corrected chi connectivity index (χ4v) is 12.7. The molecule has 17 heteroatoms. The molecule has 0 radical (unpaired) electrons. The van der Waals surface area contributed by atoms with E-state index in [1.54, 1.807) is 26.7 Å². The number of pyridine rings is 6. The second-order valence-electron chi connectivity index (χ2n) is 23.4. The fourth-order valence-electron chi connectivity index (χ4n) is 12.7. The summed E-state index contributed by atoms with van der Waals surface area (Å²) in [6.07, 6.45) is 18.3. The van der Waals surface area contributed by atoms with E-state index in [1.807, 2.05) is 166 Å². The van der Waals surface area contributed by atoms with Crippen LogP contribution in [0.25, 0.3) is 45.2 Å². The number of aliphatic hydroxyl groups is 1. The molecule has 1 N–H and O–H groups in total. The first-order valence-corrected chi connectivity index (χ1v) is 32.2. The van der Waals surface area contributed by atoms with Crippen LogP contribution in [0.2, 0.25) is 0 Å². The first-order chi connectivity index (χ1) is 46.8. The van der Waals surface area contributed by atoms with Crippen LogP contribution >= 0.6 is 0 Å². The number of hydrogen-bond donors (Lipinski definition) is 1. The SMILES string of the molecule is COc1ccc(C(O)(c2ccc(OC)cc2)c2ncccc2N2CCN(c3ccncc3)CC2)cc1.Cc1ccc(-c2ccc(-c3ncccc3N3CCN(c4ccncc4)CC3)cc2)o1.c1cc(-c2ccco2)cc(-c2ncccc2N2CCN(c3ccncc3)CC2)c1. The first kappa shape index (κ1) is 62.5. The van der Waals surface area contributed by atoms with E-state index < -0.39 is 5.60 Å². The zero-order valence-electron chi connectivity index (χ0n) is 53.7. The maximum atomic E-state index is 12.5. The topological polar surface area (TPSA) is 162 Å². The Labute approximate surface area is 554 Å². The van der Waals surface area contributed by atoms with Crippen LogP contribution in [0.5, 0.6) is 11.5 Å². The summed E-state index contributed by atoms with van der Waals surface area (Å²) in [5, 5.41) is 12.5. The number of hydrogen-bond acceptors (Lipinski definition) is 17. The monoisotopic (exact) mass is 1260 g/mol. The number of aromatic nitrogens is 6. The van der Waals surface area contributed by atoms with Gasteiger partial charge in [-0.1, -0.05) is 66.7 Å². The Bertz CT molecular complexity index is 4300. The van der Waals surface area contributed by atoms with E-state index in [1.165, 1.54) is 28.4 Å². The number of methoxy groups -OCH3 is 2. The first-order valence-electron chi connectivity index (χ1n) is 32.2. The third-order valence-electron chi connectivity index (χ3n) is 17.8. The lowest BCUT2D eigenvalue weighted by atomic mass is 9.82. The minimum Gasteiger partial charge on any atom is -0.497 e. The average molecular weight is 1260 g/mol. The van der Waals surface area contributed by atoms with Crippen molar-refractivity contribution < 1.29 is 23.4 Å². The molecule has 0 atom stereocenters. The third kappa shape index (κ3) is 14.4. The second kappa shape index (κ2) is 29.5. The molecule has 0 amide bonds. The minimum absolute atomic E-state index is 0.595. The van der Waals surface area contributed by atoms with Gasteiger partial charge in [0.1, 0.15) is 34.5 Å². The quantitative estimate of drug-likeness (QED) is 0.103. The van der Waals surface area contributed by atoms with E-state index in [0.717, 1.165) is 147 Å². The summed E-state index contributed by atoms with van der Waals surface area (Å²) in [6, 6.07) is 64.5. The van der Waals surface area contributed by atoms with Crippen molar-refractivity contribution in [3.05, 3.63) is 279 Å². The zero-order valence-corrected chi connectivity index (χ0v) is 53.7. The van der Waals surface area contributed by atoms with E-state index in [9.17, 15) is 5.11 Å². The third-order valence-corrected chi connectivity index (χ3v) is 17.8. The molecule has 17 nitrogen and oxygen atoms in total. The molecule has 478 valence electrons. The minimum atomic E-state index is -1.47. The molecule has 12 aromatic rings. The number of aryl methyl sites for hydroxylation is 1. The zero-order chi connectivity index (χ0) is 64.8. The summed E-state index contributed by atoms with van der Waals surface area (Å²) in [6.45, 7) is 13.1. The predicted molar refractivity (Wildman–Crippen MR) is 378 cm³/mol. The van der Waals surface area contributed by atoms with Gasteiger partial charge in [0, 0.05) is 174 Å². The molecule has 3 saturated heterocycles. The van der Waals surface area contributed by atoms with E-state index in [2.05, 4.69) is 129 Å². The molecule has 95 heavy (non-hydrogen) atoms. The molecule has 11 heterocycles. The van der Waals surface area contributed by atoms with Crippen molar-refractivity contribution in [2.75, 3.05) is 122 Å². The van der Waals surface area contributed by atoms with Gasteiger partial charge in [0.25, 0.3) is 0 Å². The highest BCUT2D eigenvalue weighted by Gasteiger charge is 2.39. The summed E-state index contributed by atoms with van der Waals surface area (Å²) < 4.78 is 22.0. The van der Waals surface area contributed by atoms with Crippen molar-refractivity contribution in [3.63, 3.8) is 0 Å². The standard InChI is InChI=1S/C29H30N4O3.C25H24N4O.C24H22N4O/c1-35-25-9-5-22(6-10-25)29(34,23-7-11-26(36-2)12-8-23)28-27(4-3-15-31-28)33-20-18-32(19-21-33)24-13-16-30-17-14-24;1-19-4-9-24(30-19)20-5-7-21(8-6-20)25-23(3-2-12-27-25)29-17-15-28(16-18-29)22-10-13-26-14-11-22;1-4-19(23-7-3-17-29-23)18-20(5-1)24-22(6-2-10-26-24)28-15-13-27(14-16-28)21-8-11-25-12-9-21/h3-17,34H,18-21H2,1-2H3;2-14H,15-18H2,1H3;1-12,17-18H,13-16H2. The van der Waals surface area contributed by atoms with E-state index >= 15 is 0 Å². The molecular formula is C78H76N12O5. The lowest BCUT2D eigenvalue weighted by Gasteiger charge is -2.40. The highest BCUT2D eigenvalue weighted by molar-refractivity contribution is 5.79. The molecule has 0 saturated carbocycles. The van der Waals surface area contributed by atoms with Gasteiger partial charge in [-0.15, -0.1) is 0 Å². The van der Waals surface area contributed by atoms with E-state index in [0.29, 0.717) is 16.8 Å². The van der Waals surface area contributed by atoms with Crippen LogP contribution in [0.3, 0.4) is 0 Å². The smallest absolute Gasteiger partial charge is 0.159 e. The summed E-state index contributed by atoms with van der Waals surface area (Å²) in [5.74, 6) is 4.14. The number of furan rings is 2. The van der Waals surface area contributed by atoms with Crippen LogP contribution in [0, 0.1) is 6.92 Å². The normalized spacial score (nSPS) is 14.1. The Balaban J connectivity index is 0.000000130. The van der Waals surface area contributed by atoms with Crippen LogP contribution < -0.4 is 38.9 Å². The number of nitrogens with zero attached hydrogens (tertiary/aromatic N) is 12.